The van der Waals surface area contributed by atoms with Crippen molar-refractivity contribution in [3.05, 3.63) is 42.0 Å². The number of hydrogen-bond acceptors (Lipinski definition) is 3. The van der Waals surface area contributed by atoms with Crippen molar-refractivity contribution < 1.29 is 9.84 Å². The number of phenolic OH excluding ortho intramolecular Hbond substituents is 1. The molecule has 0 saturated carbocycles. The number of fused-ring (bicyclic) bond motifs is 1. The highest BCUT2D eigenvalue weighted by atomic mass is 16.5. The predicted molar refractivity (Wildman–Crippen MR) is 85.5 cm³/mol. The zero-order valence-corrected chi connectivity index (χ0v) is 12.7. The van der Waals surface area contributed by atoms with Crippen LogP contribution in [0.15, 0.2) is 36.4 Å². The summed E-state index contributed by atoms with van der Waals surface area (Å²) in [6.07, 6.45) is 1.32. The Morgan fingerprint density at radius 1 is 1.24 bits per heavy atom. The van der Waals surface area contributed by atoms with Gasteiger partial charge in [0.1, 0.15) is 5.75 Å². The molecule has 1 fully saturated rings. The van der Waals surface area contributed by atoms with E-state index in [0.717, 1.165) is 37.1 Å². The van der Waals surface area contributed by atoms with Crippen molar-refractivity contribution in [1.29, 1.82) is 0 Å². The fraction of sp³-hybridized carbons (Fsp3) is 0.444. The Bertz CT molecular complexity index is 626. The minimum Gasteiger partial charge on any atom is -0.508 e. The van der Waals surface area contributed by atoms with Crippen molar-refractivity contribution in [1.82, 2.24) is 4.90 Å². The van der Waals surface area contributed by atoms with E-state index in [4.69, 9.17) is 4.74 Å². The molecule has 2 aromatic carbocycles. The third-order valence-corrected chi connectivity index (χ3v) is 4.43. The van der Waals surface area contributed by atoms with Crippen molar-refractivity contribution in [2.24, 2.45) is 0 Å². The summed E-state index contributed by atoms with van der Waals surface area (Å²) in [4.78, 5) is 2.44. The van der Waals surface area contributed by atoms with Gasteiger partial charge in [0.15, 0.2) is 0 Å². The van der Waals surface area contributed by atoms with Gasteiger partial charge >= 0.3 is 0 Å². The van der Waals surface area contributed by atoms with Gasteiger partial charge in [-0.15, -0.1) is 0 Å². The lowest BCUT2D eigenvalue weighted by atomic mass is 10.0. The molecular formula is C18H23NO2. The normalized spacial score (nSPS) is 23.5. The fourth-order valence-electron chi connectivity index (χ4n) is 3.18. The van der Waals surface area contributed by atoms with Crippen LogP contribution in [0.25, 0.3) is 10.8 Å². The first-order chi connectivity index (χ1) is 10.2. The van der Waals surface area contributed by atoms with Crippen molar-refractivity contribution in [3.63, 3.8) is 0 Å². The van der Waals surface area contributed by atoms with Crippen LogP contribution in [0.2, 0.25) is 0 Å². The van der Waals surface area contributed by atoms with E-state index in [1.165, 1.54) is 5.39 Å². The highest BCUT2D eigenvalue weighted by molar-refractivity contribution is 5.87. The summed E-state index contributed by atoms with van der Waals surface area (Å²) in [5.41, 5.74) is 1.03. The van der Waals surface area contributed by atoms with Crippen LogP contribution in [0.4, 0.5) is 0 Å². The van der Waals surface area contributed by atoms with Gasteiger partial charge in [-0.1, -0.05) is 37.3 Å². The predicted octanol–water partition coefficient (Wildman–Crippen LogP) is 3.54. The minimum atomic E-state index is 0.255. The van der Waals surface area contributed by atoms with E-state index in [1.54, 1.807) is 0 Å². The Morgan fingerprint density at radius 3 is 2.86 bits per heavy atom. The van der Waals surface area contributed by atoms with E-state index in [9.17, 15) is 5.11 Å². The largest absolute Gasteiger partial charge is 0.508 e. The van der Waals surface area contributed by atoms with Crippen molar-refractivity contribution in [3.8, 4) is 5.75 Å². The Morgan fingerprint density at radius 2 is 2.05 bits per heavy atom. The molecule has 1 heterocycles. The van der Waals surface area contributed by atoms with Gasteiger partial charge in [0, 0.05) is 24.7 Å². The van der Waals surface area contributed by atoms with Gasteiger partial charge in [-0.05, 0) is 30.2 Å². The Labute approximate surface area is 126 Å². The zero-order valence-electron chi connectivity index (χ0n) is 12.7. The number of phenols is 1. The summed E-state index contributed by atoms with van der Waals surface area (Å²) in [6.45, 7) is 6.78. The topological polar surface area (TPSA) is 32.7 Å². The highest BCUT2D eigenvalue weighted by Gasteiger charge is 2.26. The lowest BCUT2D eigenvalue weighted by Crippen LogP contribution is -2.47. The molecule has 2 unspecified atom stereocenters. The molecule has 0 aromatic heterocycles. The molecule has 1 aliphatic heterocycles. The quantitative estimate of drug-likeness (QED) is 0.936. The van der Waals surface area contributed by atoms with Crippen LogP contribution in [-0.2, 0) is 11.3 Å². The maximum Gasteiger partial charge on any atom is 0.120 e. The first kappa shape index (κ1) is 14.4. The SMILES string of the molecule is CCC1COC(C)CN1Cc1c(O)ccc2ccccc12. The highest BCUT2D eigenvalue weighted by Crippen LogP contribution is 2.30. The van der Waals surface area contributed by atoms with Gasteiger partial charge in [-0.25, -0.2) is 0 Å². The van der Waals surface area contributed by atoms with E-state index in [0.29, 0.717) is 11.8 Å². The van der Waals surface area contributed by atoms with Crippen molar-refractivity contribution in [2.45, 2.75) is 39.0 Å². The summed E-state index contributed by atoms with van der Waals surface area (Å²) >= 11 is 0. The Balaban J connectivity index is 1.94. The second kappa shape index (κ2) is 6.04. The number of benzene rings is 2. The first-order valence-electron chi connectivity index (χ1n) is 7.74. The van der Waals surface area contributed by atoms with Gasteiger partial charge in [-0.2, -0.15) is 0 Å². The van der Waals surface area contributed by atoms with Gasteiger partial charge < -0.3 is 9.84 Å². The molecule has 3 nitrogen and oxygen atoms in total. The van der Waals surface area contributed by atoms with Crippen LogP contribution in [0, 0.1) is 0 Å². The van der Waals surface area contributed by atoms with Crippen LogP contribution in [0.5, 0.6) is 5.75 Å². The number of morpholine rings is 1. The second-order valence-electron chi connectivity index (χ2n) is 5.92. The third-order valence-electron chi connectivity index (χ3n) is 4.43. The summed E-state index contributed by atoms with van der Waals surface area (Å²) in [6, 6.07) is 12.5. The minimum absolute atomic E-state index is 0.255. The molecule has 1 N–H and O–H groups in total. The summed E-state index contributed by atoms with van der Waals surface area (Å²) in [5, 5.41) is 12.6. The summed E-state index contributed by atoms with van der Waals surface area (Å²) < 4.78 is 5.76. The van der Waals surface area contributed by atoms with E-state index in [-0.39, 0.29) is 6.10 Å². The number of rotatable bonds is 3. The van der Waals surface area contributed by atoms with Crippen LogP contribution in [-0.4, -0.2) is 35.3 Å². The molecule has 0 aliphatic carbocycles. The maximum absolute atomic E-state index is 10.3. The monoisotopic (exact) mass is 285 g/mol. The molecule has 2 aromatic rings. The molecule has 112 valence electrons. The first-order valence-corrected chi connectivity index (χ1v) is 7.74. The van der Waals surface area contributed by atoms with E-state index in [2.05, 4.69) is 30.9 Å². The van der Waals surface area contributed by atoms with E-state index < -0.39 is 0 Å². The second-order valence-corrected chi connectivity index (χ2v) is 5.92. The summed E-state index contributed by atoms with van der Waals surface area (Å²) in [7, 11) is 0. The number of nitrogens with zero attached hydrogens (tertiary/aromatic N) is 1. The molecule has 0 spiro atoms. The molecular weight excluding hydrogens is 262 g/mol. The van der Waals surface area contributed by atoms with Gasteiger partial charge in [-0.3, -0.25) is 4.90 Å². The van der Waals surface area contributed by atoms with Crippen molar-refractivity contribution >= 4 is 10.8 Å². The summed E-state index contributed by atoms with van der Waals surface area (Å²) in [5.74, 6) is 0.391. The van der Waals surface area contributed by atoms with Crippen molar-refractivity contribution in [2.75, 3.05) is 13.2 Å². The van der Waals surface area contributed by atoms with E-state index >= 15 is 0 Å². The zero-order chi connectivity index (χ0) is 14.8. The molecule has 0 amide bonds. The van der Waals surface area contributed by atoms with Gasteiger partial charge in [0.25, 0.3) is 0 Å². The molecule has 3 heteroatoms. The lowest BCUT2D eigenvalue weighted by molar-refractivity contribution is -0.0592. The van der Waals surface area contributed by atoms with E-state index in [1.807, 2.05) is 24.3 Å². The lowest BCUT2D eigenvalue weighted by Gasteiger charge is -2.38. The van der Waals surface area contributed by atoms with Crippen LogP contribution < -0.4 is 0 Å². The fourth-order valence-corrected chi connectivity index (χ4v) is 3.18. The molecule has 21 heavy (non-hydrogen) atoms. The number of hydrogen-bond donors (Lipinski definition) is 1. The van der Waals surface area contributed by atoms with Crippen LogP contribution >= 0.6 is 0 Å². The smallest absolute Gasteiger partial charge is 0.120 e. The molecule has 3 rings (SSSR count). The Hall–Kier alpha value is -1.58. The standard InChI is InChI=1S/C18H23NO2/c1-3-15-12-21-13(2)10-19(15)11-17-16-7-5-4-6-14(16)8-9-18(17)20/h4-9,13,15,20H,3,10-12H2,1-2H3. The number of ether oxygens (including phenoxy) is 1. The average Bonchev–Trinajstić information content (AvgIpc) is 2.50. The maximum atomic E-state index is 10.3. The molecule has 1 aliphatic rings. The molecule has 2 atom stereocenters. The molecule has 0 radical (unpaired) electrons. The third kappa shape index (κ3) is 2.89. The van der Waals surface area contributed by atoms with Crippen LogP contribution in [0.1, 0.15) is 25.8 Å². The Kier molecular flexibility index (Phi) is 4.13. The molecule has 1 saturated heterocycles. The average molecular weight is 285 g/mol. The van der Waals surface area contributed by atoms with Crippen LogP contribution in [0.3, 0.4) is 0 Å². The molecule has 0 bridgehead atoms. The van der Waals surface area contributed by atoms with Gasteiger partial charge in [0.2, 0.25) is 0 Å². The number of aromatic hydroxyl groups is 1. The van der Waals surface area contributed by atoms with Gasteiger partial charge in [0.05, 0.1) is 12.7 Å².